The van der Waals surface area contributed by atoms with E-state index in [4.69, 9.17) is 20.8 Å². The number of nitrogens with zero attached hydrogens (tertiary/aromatic N) is 2. The van der Waals surface area contributed by atoms with Crippen molar-refractivity contribution in [1.29, 1.82) is 0 Å². The van der Waals surface area contributed by atoms with Gasteiger partial charge in [0.15, 0.2) is 5.96 Å². The van der Waals surface area contributed by atoms with Crippen LogP contribution in [0.5, 0.6) is 0 Å². The summed E-state index contributed by atoms with van der Waals surface area (Å²) in [4.78, 5) is 6.65. The van der Waals surface area contributed by atoms with Crippen LogP contribution in [0.1, 0.15) is 11.3 Å². The lowest BCUT2D eigenvalue weighted by atomic mass is 10.2. The molecule has 0 bridgehead atoms. The highest BCUT2D eigenvalue weighted by Crippen LogP contribution is 2.16. The highest BCUT2D eigenvalue weighted by molar-refractivity contribution is 6.31. The standard InChI is InChI=1S/C18H24ClN3O2/c1-22(14-15-6-3-4-8-17(15)19)18(21-11-13-23-2)20-10-9-16-7-5-12-24-16/h3-8,12H,9-11,13-14H2,1-2H3,(H,20,21). The SMILES string of the molecule is COCCN=C(NCCc1ccco1)N(C)Cc1ccccc1Cl. The first kappa shape index (κ1) is 18.4. The number of methoxy groups -OCH3 is 1. The van der Waals surface area contributed by atoms with Crippen molar-refractivity contribution in [3.63, 3.8) is 0 Å². The smallest absolute Gasteiger partial charge is 0.194 e. The van der Waals surface area contributed by atoms with Crippen molar-refractivity contribution >= 4 is 17.6 Å². The van der Waals surface area contributed by atoms with Gasteiger partial charge >= 0.3 is 0 Å². The van der Waals surface area contributed by atoms with E-state index >= 15 is 0 Å². The van der Waals surface area contributed by atoms with Gasteiger partial charge in [0.2, 0.25) is 0 Å². The first-order valence-corrected chi connectivity index (χ1v) is 8.32. The quantitative estimate of drug-likeness (QED) is 0.451. The zero-order chi connectivity index (χ0) is 17.2. The average molecular weight is 350 g/mol. The van der Waals surface area contributed by atoms with Crippen LogP contribution in [-0.2, 0) is 17.7 Å². The second kappa shape index (κ2) is 10.0. The second-order valence-electron chi connectivity index (χ2n) is 5.40. The molecule has 1 N–H and O–H groups in total. The molecule has 0 aliphatic rings. The predicted molar refractivity (Wildman–Crippen MR) is 97.5 cm³/mol. The predicted octanol–water partition coefficient (Wildman–Crippen LogP) is 3.20. The van der Waals surface area contributed by atoms with E-state index in [1.807, 2.05) is 43.4 Å². The summed E-state index contributed by atoms with van der Waals surface area (Å²) < 4.78 is 10.4. The Labute approximate surface area is 148 Å². The Balaban J connectivity index is 1.95. The molecule has 5 nitrogen and oxygen atoms in total. The summed E-state index contributed by atoms with van der Waals surface area (Å²) in [6.45, 7) is 2.61. The number of hydrogen-bond acceptors (Lipinski definition) is 3. The highest BCUT2D eigenvalue weighted by Gasteiger charge is 2.09. The zero-order valence-electron chi connectivity index (χ0n) is 14.2. The molecule has 0 aliphatic heterocycles. The van der Waals surface area contributed by atoms with Crippen LogP contribution in [0.15, 0.2) is 52.1 Å². The first-order chi connectivity index (χ1) is 11.7. The van der Waals surface area contributed by atoms with Crippen molar-refractivity contribution in [3.05, 3.63) is 59.0 Å². The molecule has 1 aromatic carbocycles. The van der Waals surface area contributed by atoms with Crippen LogP contribution in [0.4, 0.5) is 0 Å². The molecule has 2 aromatic rings. The minimum Gasteiger partial charge on any atom is -0.469 e. The van der Waals surface area contributed by atoms with E-state index < -0.39 is 0 Å². The Kier molecular flexibility index (Phi) is 7.65. The molecule has 0 atom stereocenters. The molecule has 0 fully saturated rings. The third-order valence-corrected chi connectivity index (χ3v) is 3.89. The van der Waals surface area contributed by atoms with E-state index in [0.717, 1.165) is 35.3 Å². The van der Waals surface area contributed by atoms with Crippen LogP contribution in [0.2, 0.25) is 5.02 Å². The van der Waals surface area contributed by atoms with Gasteiger partial charge in [0.1, 0.15) is 5.76 Å². The third kappa shape index (κ3) is 5.91. The van der Waals surface area contributed by atoms with Crippen LogP contribution < -0.4 is 5.32 Å². The maximum absolute atomic E-state index is 6.25. The fourth-order valence-electron chi connectivity index (χ4n) is 2.26. The maximum atomic E-state index is 6.25. The van der Waals surface area contributed by atoms with Crippen LogP contribution in [0.3, 0.4) is 0 Å². The highest BCUT2D eigenvalue weighted by atomic mass is 35.5. The number of guanidine groups is 1. The van der Waals surface area contributed by atoms with E-state index in [2.05, 4.69) is 15.2 Å². The van der Waals surface area contributed by atoms with Gasteiger partial charge in [0.05, 0.1) is 19.4 Å². The molecule has 2 rings (SSSR count). The second-order valence-corrected chi connectivity index (χ2v) is 5.81. The zero-order valence-corrected chi connectivity index (χ0v) is 14.9. The topological polar surface area (TPSA) is 50.0 Å². The number of furan rings is 1. The summed E-state index contributed by atoms with van der Waals surface area (Å²) in [6.07, 6.45) is 2.49. The van der Waals surface area contributed by atoms with Gasteiger partial charge in [0, 0.05) is 38.7 Å². The van der Waals surface area contributed by atoms with Crippen molar-refractivity contribution in [3.8, 4) is 0 Å². The number of halogens is 1. The summed E-state index contributed by atoms with van der Waals surface area (Å²) in [7, 11) is 3.67. The molecule has 0 saturated heterocycles. The van der Waals surface area contributed by atoms with Crippen molar-refractivity contribution in [2.75, 3.05) is 33.9 Å². The molecule has 1 aromatic heterocycles. The summed E-state index contributed by atoms with van der Waals surface area (Å²) in [5.41, 5.74) is 1.06. The van der Waals surface area contributed by atoms with E-state index in [1.165, 1.54) is 0 Å². The number of aliphatic imine (C=N–C) groups is 1. The summed E-state index contributed by atoms with van der Waals surface area (Å²) in [5, 5.41) is 4.13. The number of ether oxygens (including phenoxy) is 1. The molecular weight excluding hydrogens is 326 g/mol. The van der Waals surface area contributed by atoms with Gasteiger partial charge in [0.25, 0.3) is 0 Å². The number of benzene rings is 1. The monoisotopic (exact) mass is 349 g/mol. The van der Waals surface area contributed by atoms with Gasteiger partial charge in [-0.1, -0.05) is 29.8 Å². The Morgan fingerprint density at radius 2 is 2.12 bits per heavy atom. The fourth-order valence-corrected chi connectivity index (χ4v) is 2.46. The molecule has 0 spiro atoms. The lowest BCUT2D eigenvalue weighted by Crippen LogP contribution is -2.39. The Morgan fingerprint density at radius 3 is 2.83 bits per heavy atom. The van der Waals surface area contributed by atoms with Gasteiger partial charge < -0.3 is 19.4 Å². The van der Waals surface area contributed by atoms with Crippen LogP contribution in [0.25, 0.3) is 0 Å². The van der Waals surface area contributed by atoms with E-state index in [9.17, 15) is 0 Å². The van der Waals surface area contributed by atoms with Gasteiger partial charge in [-0.2, -0.15) is 0 Å². The van der Waals surface area contributed by atoms with Crippen molar-refractivity contribution < 1.29 is 9.15 Å². The summed E-state index contributed by atoms with van der Waals surface area (Å²) >= 11 is 6.25. The van der Waals surface area contributed by atoms with Gasteiger partial charge in [-0.25, -0.2) is 0 Å². The van der Waals surface area contributed by atoms with Gasteiger partial charge in [-0.15, -0.1) is 0 Å². The molecule has 0 saturated carbocycles. The minimum absolute atomic E-state index is 0.587. The molecule has 0 aliphatic carbocycles. The normalized spacial score (nSPS) is 11.5. The molecule has 1 heterocycles. The van der Waals surface area contributed by atoms with Crippen molar-refractivity contribution in [1.82, 2.24) is 10.2 Å². The minimum atomic E-state index is 0.587. The summed E-state index contributed by atoms with van der Waals surface area (Å²) in [6, 6.07) is 11.7. The van der Waals surface area contributed by atoms with Gasteiger partial charge in [-0.3, -0.25) is 4.99 Å². The molecular formula is C18H24ClN3O2. The maximum Gasteiger partial charge on any atom is 0.194 e. The first-order valence-electron chi connectivity index (χ1n) is 7.95. The van der Waals surface area contributed by atoms with E-state index in [0.29, 0.717) is 19.7 Å². The number of rotatable bonds is 8. The van der Waals surface area contributed by atoms with Crippen LogP contribution in [-0.4, -0.2) is 44.7 Å². The Hall–Kier alpha value is -1.98. The molecule has 0 radical (unpaired) electrons. The molecule has 24 heavy (non-hydrogen) atoms. The largest absolute Gasteiger partial charge is 0.469 e. The van der Waals surface area contributed by atoms with Crippen molar-refractivity contribution in [2.45, 2.75) is 13.0 Å². The lowest BCUT2D eigenvalue weighted by molar-refractivity contribution is 0.207. The fraction of sp³-hybridized carbons (Fsp3) is 0.389. The summed E-state index contributed by atoms with van der Waals surface area (Å²) in [5.74, 6) is 1.77. The molecule has 0 amide bonds. The van der Waals surface area contributed by atoms with E-state index in [-0.39, 0.29) is 0 Å². The Bertz CT molecular complexity index is 629. The molecule has 130 valence electrons. The van der Waals surface area contributed by atoms with Crippen LogP contribution in [0, 0.1) is 0 Å². The number of hydrogen-bond donors (Lipinski definition) is 1. The van der Waals surface area contributed by atoms with E-state index in [1.54, 1.807) is 13.4 Å². The molecule has 6 heteroatoms. The lowest BCUT2D eigenvalue weighted by Gasteiger charge is -2.23. The third-order valence-electron chi connectivity index (χ3n) is 3.52. The molecule has 0 unspecified atom stereocenters. The van der Waals surface area contributed by atoms with Gasteiger partial charge in [-0.05, 0) is 23.8 Å². The Morgan fingerprint density at radius 1 is 1.29 bits per heavy atom. The number of nitrogens with one attached hydrogen (secondary N) is 1. The average Bonchev–Trinajstić information content (AvgIpc) is 3.09. The van der Waals surface area contributed by atoms with Crippen LogP contribution >= 0.6 is 11.6 Å². The van der Waals surface area contributed by atoms with Crippen molar-refractivity contribution in [2.24, 2.45) is 4.99 Å².